The van der Waals surface area contributed by atoms with Crippen molar-refractivity contribution in [2.24, 2.45) is 0 Å². The molecule has 0 aliphatic carbocycles. The average Bonchev–Trinajstić information content (AvgIpc) is 3.08. The van der Waals surface area contributed by atoms with Crippen LogP contribution < -0.4 is 9.47 Å². The summed E-state index contributed by atoms with van der Waals surface area (Å²) >= 11 is 0. The molecule has 0 saturated carbocycles. The summed E-state index contributed by atoms with van der Waals surface area (Å²) in [7, 11) is 3.09. The first kappa shape index (κ1) is 17.0. The van der Waals surface area contributed by atoms with Gasteiger partial charge in [-0.2, -0.15) is 0 Å². The van der Waals surface area contributed by atoms with Crippen LogP contribution in [-0.4, -0.2) is 36.9 Å². The van der Waals surface area contributed by atoms with Crippen molar-refractivity contribution in [2.45, 2.75) is 25.4 Å². The molecule has 6 heteroatoms. The number of carbonyl (C=O) groups excluding carboxylic acids is 2. The Hall–Kier alpha value is -3.15. The van der Waals surface area contributed by atoms with Gasteiger partial charge in [-0.25, -0.2) is 4.39 Å². The van der Waals surface area contributed by atoms with Crippen molar-refractivity contribution in [1.29, 1.82) is 0 Å². The lowest BCUT2D eigenvalue weighted by molar-refractivity contribution is -0.129. The molecule has 0 spiro atoms. The molecule has 2 aliphatic heterocycles. The molecule has 3 aromatic rings. The van der Waals surface area contributed by atoms with Crippen LogP contribution in [-0.2, 0) is 11.3 Å². The summed E-state index contributed by atoms with van der Waals surface area (Å²) in [4.78, 5) is 27.3. The van der Waals surface area contributed by atoms with E-state index in [1.165, 1.54) is 12.1 Å². The summed E-state index contributed by atoms with van der Waals surface area (Å²) in [5.41, 5.74) is 1.37. The molecular weight excluding hydrogens is 361 g/mol. The van der Waals surface area contributed by atoms with Gasteiger partial charge < -0.3 is 14.4 Å². The van der Waals surface area contributed by atoms with E-state index in [9.17, 15) is 14.0 Å². The molecule has 5 rings (SSSR count). The van der Waals surface area contributed by atoms with Gasteiger partial charge in [0, 0.05) is 18.5 Å². The van der Waals surface area contributed by atoms with Crippen LogP contribution in [0, 0.1) is 5.82 Å². The molecule has 28 heavy (non-hydrogen) atoms. The number of benzene rings is 3. The third-order valence-electron chi connectivity index (χ3n) is 5.90. The first-order valence-electron chi connectivity index (χ1n) is 9.17. The van der Waals surface area contributed by atoms with Gasteiger partial charge in [0.05, 0.1) is 20.3 Å². The van der Waals surface area contributed by atoms with Gasteiger partial charge in [0.2, 0.25) is 5.91 Å². The Balaban J connectivity index is 1.94. The van der Waals surface area contributed by atoms with E-state index in [4.69, 9.17) is 9.47 Å². The summed E-state index contributed by atoms with van der Waals surface area (Å²) in [6.07, 6.45) is 0.912. The van der Waals surface area contributed by atoms with E-state index in [-0.39, 0.29) is 17.5 Å². The fourth-order valence-corrected chi connectivity index (χ4v) is 4.59. The number of ketones is 1. The number of carbonyl (C=O) groups is 2. The largest absolute Gasteiger partial charge is 0.493 e. The summed E-state index contributed by atoms with van der Waals surface area (Å²) in [6.45, 7) is 0.365. The SMILES string of the molecule is COc1cc2c3c(c4ccc(F)cc4c2cc1OC)C(=O)[C@@H]1CCC(=O)N1C3. The minimum Gasteiger partial charge on any atom is -0.493 e. The van der Waals surface area contributed by atoms with Gasteiger partial charge >= 0.3 is 0 Å². The van der Waals surface area contributed by atoms with Crippen molar-refractivity contribution < 1.29 is 23.5 Å². The summed E-state index contributed by atoms with van der Waals surface area (Å²) < 4.78 is 25.0. The number of methoxy groups -OCH3 is 2. The third-order valence-corrected chi connectivity index (χ3v) is 5.90. The van der Waals surface area contributed by atoms with E-state index in [1.807, 2.05) is 6.07 Å². The monoisotopic (exact) mass is 379 g/mol. The van der Waals surface area contributed by atoms with Gasteiger partial charge in [0.25, 0.3) is 0 Å². The molecule has 1 atom stereocenters. The molecule has 1 saturated heterocycles. The standard InChI is InChI=1S/C22H18FNO4/c1-27-18-8-14-13-7-11(23)3-4-12(13)21-16(15(14)9-19(18)28-2)10-24-17(22(21)26)5-6-20(24)25/h3-4,7-9,17H,5-6,10H2,1-2H3/t17-/m0/s1. The van der Waals surface area contributed by atoms with E-state index < -0.39 is 6.04 Å². The Kier molecular flexibility index (Phi) is 3.59. The van der Waals surface area contributed by atoms with Crippen LogP contribution in [0.5, 0.6) is 11.5 Å². The van der Waals surface area contributed by atoms with Crippen LogP contribution in [0.1, 0.15) is 28.8 Å². The second-order valence-electron chi connectivity index (χ2n) is 7.24. The van der Waals surface area contributed by atoms with Crippen LogP contribution in [0.4, 0.5) is 4.39 Å². The lowest BCUT2D eigenvalue weighted by Crippen LogP contribution is -2.42. The molecule has 142 valence electrons. The molecule has 3 aromatic carbocycles. The van der Waals surface area contributed by atoms with E-state index in [2.05, 4.69) is 0 Å². The Morgan fingerprint density at radius 3 is 2.36 bits per heavy atom. The Labute approximate surface area is 160 Å². The number of nitrogens with zero attached hydrogens (tertiary/aromatic N) is 1. The Morgan fingerprint density at radius 1 is 0.964 bits per heavy atom. The zero-order valence-electron chi connectivity index (χ0n) is 15.5. The van der Waals surface area contributed by atoms with E-state index in [0.29, 0.717) is 47.2 Å². The topological polar surface area (TPSA) is 55.8 Å². The number of hydrogen-bond donors (Lipinski definition) is 0. The van der Waals surface area contributed by atoms with Crippen LogP contribution in [0.3, 0.4) is 0 Å². The second kappa shape index (κ2) is 5.92. The van der Waals surface area contributed by atoms with Gasteiger partial charge in [-0.05, 0) is 57.8 Å². The number of halogens is 1. The molecule has 0 aromatic heterocycles. The van der Waals surface area contributed by atoms with Crippen LogP contribution >= 0.6 is 0 Å². The van der Waals surface area contributed by atoms with Crippen molar-refractivity contribution in [1.82, 2.24) is 4.90 Å². The first-order valence-corrected chi connectivity index (χ1v) is 9.17. The molecular formula is C22H18FNO4. The fourth-order valence-electron chi connectivity index (χ4n) is 4.59. The number of ether oxygens (including phenoxy) is 2. The number of amides is 1. The number of Topliss-reactive ketones (excluding diaryl/α,β-unsaturated/α-hetero) is 1. The van der Waals surface area contributed by atoms with Crippen molar-refractivity contribution in [3.8, 4) is 11.5 Å². The lowest BCUT2D eigenvalue weighted by atomic mass is 9.84. The molecule has 2 heterocycles. The van der Waals surface area contributed by atoms with Gasteiger partial charge in [0.15, 0.2) is 17.3 Å². The molecule has 0 unspecified atom stereocenters. The molecule has 1 fully saturated rings. The zero-order valence-corrected chi connectivity index (χ0v) is 15.5. The average molecular weight is 379 g/mol. The molecule has 0 bridgehead atoms. The Morgan fingerprint density at radius 2 is 1.64 bits per heavy atom. The highest BCUT2D eigenvalue weighted by molar-refractivity contribution is 6.22. The normalized spacial score (nSPS) is 18.5. The minimum absolute atomic E-state index is 0.00294. The van der Waals surface area contributed by atoms with Gasteiger partial charge in [-0.15, -0.1) is 0 Å². The van der Waals surface area contributed by atoms with Crippen LogP contribution in [0.2, 0.25) is 0 Å². The maximum atomic E-state index is 14.1. The highest BCUT2D eigenvalue weighted by Gasteiger charge is 2.42. The van der Waals surface area contributed by atoms with E-state index in [0.717, 1.165) is 16.3 Å². The molecule has 2 aliphatic rings. The quantitative estimate of drug-likeness (QED) is 0.635. The molecule has 5 nitrogen and oxygen atoms in total. The Bertz CT molecular complexity index is 1190. The predicted octanol–water partition coefficient (Wildman–Crippen LogP) is 3.84. The van der Waals surface area contributed by atoms with Crippen LogP contribution in [0.25, 0.3) is 21.5 Å². The first-order chi connectivity index (χ1) is 13.5. The predicted molar refractivity (Wildman–Crippen MR) is 102 cm³/mol. The highest BCUT2D eigenvalue weighted by atomic mass is 19.1. The number of fused-ring (bicyclic) bond motifs is 7. The molecule has 0 N–H and O–H groups in total. The van der Waals surface area contributed by atoms with Gasteiger partial charge in [-0.1, -0.05) is 6.07 Å². The fraction of sp³-hybridized carbons (Fsp3) is 0.273. The van der Waals surface area contributed by atoms with E-state index >= 15 is 0 Å². The smallest absolute Gasteiger partial charge is 0.223 e. The number of hydrogen-bond acceptors (Lipinski definition) is 4. The summed E-state index contributed by atoms with van der Waals surface area (Å²) in [5.74, 6) is 0.606. The van der Waals surface area contributed by atoms with Gasteiger partial charge in [-0.3, -0.25) is 9.59 Å². The minimum atomic E-state index is -0.425. The third kappa shape index (κ3) is 2.17. The number of rotatable bonds is 2. The molecule has 1 amide bonds. The van der Waals surface area contributed by atoms with Crippen molar-refractivity contribution in [3.05, 3.63) is 47.3 Å². The summed E-state index contributed by atoms with van der Waals surface area (Å²) in [6, 6.07) is 7.66. The maximum absolute atomic E-state index is 14.1. The lowest BCUT2D eigenvalue weighted by Gasteiger charge is -2.32. The second-order valence-corrected chi connectivity index (χ2v) is 7.24. The van der Waals surface area contributed by atoms with Crippen LogP contribution in [0.15, 0.2) is 30.3 Å². The summed E-state index contributed by atoms with van der Waals surface area (Å²) in [5, 5.41) is 2.90. The van der Waals surface area contributed by atoms with Crippen molar-refractivity contribution in [3.63, 3.8) is 0 Å². The van der Waals surface area contributed by atoms with Gasteiger partial charge in [0.1, 0.15) is 5.82 Å². The zero-order chi connectivity index (χ0) is 19.6. The van der Waals surface area contributed by atoms with E-state index in [1.54, 1.807) is 31.3 Å². The van der Waals surface area contributed by atoms with Crippen molar-refractivity contribution >= 4 is 33.2 Å². The maximum Gasteiger partial charge on any atom is 0.223 e. The highest BCUT2D eigenvalue weighted by Crippen LogP contribution is 2.43. The van der Waals surface area contributed by atoms with Crippen molar-refractivity contribution in [2.75, 3.05) is 14.2 Å². The molecule has 0 radical (unpaired) electrons.